The molecule has 0 fully saturated rings. The Labute approximate surface area is 164 Å². The average Bonchev–Trinajstić information content (AvgIpc) is 3.40. The maximum absolute atomic E-state index is 12.5. The second-order valence-corrected chi connectivity index (χ2v) is 6.21. The molecule has 0 radical (unpaired) electrons. The molecule has 2 aromatic heterocycles. The number of ether oxygens (including phenoxy) is 3. The van der Waals surface area contributed by atoms with Crippen molar-refractivity contribution >= 4 is 22.9 Å². The minimum absolute atomic E-state index is 0.0488. The van der Waals surface area contributed by atoms with Crippen molar-refractivity contribution in [2.24, 2.45) is 0 Å². The van der Waals surface area contributed by atoms with Crippen molar-refractivity contribution in [1.82, 2.24) is 10.2 Å². The van der Waals surface area contributed by atoms with Crippen molar-refractivity contribution in [2.75, 3.05) is 25.6 Å². The van der Waals surface area contributed by atoms with E-state index in [4.69, 9.17) is 23.0 Å². The highest BCUT2D eigenvalue weighted by Gasteiger charge is 2.19. The molecule has 1 amide bonds. The molecule has 0 atom stereocenters. The normalized spacial score (nSPS) is 12.7. The number of rotatable bonds is 4. The van der Waals surface area contributed by atoms with Crippen molar-refractivity contribution in [3.05, 3.63) is 48.2 Å². The topological polar surface area (TPSA) is 109 Å². The molecule has 9 heteroatoms. The largest absolute Gasteiger partial charge is 0.493 e. The summed E-state index contributed by atoms with van der Waals surface area (Å²) in [6.07, 6.45) is 0. The second-order valence-electron chi connectivity index (χ2n) is 6.21. The molecule has 146 valence electrons. The van der Waals surface area contributed by atoms with Gasteiger partial charge in [0.1, 0.15) is 13.2 Å². The van der Waals surface area contributed by atoms with E-state index in [0.29, 0.717) is 41.6 Å². The maximum Gasteiger partial charge on any atom is 0.322 e. The lowest BCUT2D eigenvalue weighted by Crippen LogP contribution is -2.15. The van der Waals surface area contributed by atoms with Crippen molar-refractivity contribution < 1.29 is 27.8 Å². The first kappa shape index (κ1) is 17.1. The molecule has 5 rings (SSSR count). The average molecular weight is 393 g/mol. The van der Waals surface area contributed by atoms with Gasteiger partial charge in [-0.05, 0) is 30.3 Å². The third kappa shape index (κ3) is 3.12. The number of para-hydroxylation sites is 1. The number of nitrogens with one attached hydrogen (secondary N) is 1. The van der Waals surface area contributed by atoms with E-state index in [0.717, 1.165) is 5.39 Å². The van der Waals surface area contributed by atoms with Crippen LogP contribution in [0.15, 0.2) is 51.3 Å². The highest BCUT2D eigenvalue weighted by Crippen LogP contribution is 2.34. The van der Waals surface area contributed by atoms with Crippen LogP contribution in [-0.4, -0.2) is 36.4 Å². The summed E-state index contributed by atoms with van der Waals surface area (Å²) in [6.45, 7) is 0.987. The van der Waals surface area contributed by atoms with Crippen molar-refractivity contribution in [1.29, 1.82) is 0 Å². The molecule has 0 saturated heterocycles. The first-order valence-corrected chi connectivity index (χ1v) is 8.83. The number of amides is 1. The number of hydrogen-bond acceptors (Lipinski definition) is 8. The van der Waals surface area contributed by atoms with Crippen LogP contribution in [0.2, 0.25) is 0 Å². The quantitative estimate of drug-likeness (QED) is 0.561. The Kier molecular flexibility index (Phi) is 4.05. The van der Waals surface area contributed by atoms with E-state index in [9.17, 15) is 4.79 Å². The van der Waals surface area contributed by atoms with Gasteiger partial charge in [0, 0.05) is 10.9 Å². The zero-order chi connectivity index (χ0) is 19.8. The van der Waals surface area contributed by atoms with E-state index in [-0.39, 0.29) is 17.7 Å². The summed E-state index contributed by atoms with van der Waals surface area (Å²) in [5, 5.41) is 11.1. The van der Waals surface area contributed by atoms with E-state index >= 15 is 0 Å². The van der Waals surface area contributed by atoms with Gasteiger partial charge in [-0.25, -0.2) is 0 Å². The number of fused-ring (bicyclic) bond motifs is 2. The van der Waals surface area contributed by atoms with E-state index in [1.165, 1.54) is 7.11 Å². The molecule has 3 heterocycles. The summed E-state index contributed by atoms with van der Waals surface area (Å²) in [6, 6.07) is 12.3. The van der Waals surface area contributed by atoms with E-state index in [2.05, 4.69) is 15.5 Å². The Balaban J connectivity index is 1.37. The molecule has 4 aromatic rings. The van der Waals surface area contributed by atoms with E-state index in [1.807, 2.05) is 12.1 Å². The van der Waals surface area contributed by atoms with Gasteiger partial charge in [-0.15, -0.1) is 5.10 Å². The fourth-order valence-electron chi connectivity index (χ4n) is 3.03. The molecule has 1 aliphatic rings. The maximum atomic E-state index is 12.5. The number of carbonyl (C=O) groups is 1. The van der Waals surface area contributed by atoms with Gasteiger partial charge < -0.3 is 23.0 Å². The molecular formula is C20H15N3O6. The van der Waals surface area contributed by atoms with Gasteiger partial charge in [-0.3, -0.25) is 10.1 Å². The van der Waals surface area contributed by atoms with Gasteiger partial charge >= 0.3 is 6.01 Å². The Hall–Kier alpha value is -4.01. The van der Waals surface area contributed by atoms with Gasteiger partial charge in [0.2, 0.25) is 5.89 Å². The highest BCUT2D eigenvalue weighted by molar-refractivity contribution is 6.04. The van der Waals surface area contributed by atoms with Gasteiger partial charge in [-0.1, -0.05) is 17.2 Å². The third-order valence-corrected chi connectivity index (χ3v) is 4.39. The van der Waals surface area contributed by atoms with Crippen LogP contribution in [0.3, 0.4) is 0 Å². The smallest absolute Gasteiger partial charge is 0.322 e. The summed E-state index contributed by atoms with van der Waals surface area (Å²) in [4.78, 5) is 12.5. The lowest BCUT2D eigenvalue weighted by molar-refractivity contribution is 0.0995. The fraction of sp³-hybridized carbons (Fsp3) is 0.150. The molecule has 1 aliphatic heterocycles. The molecule has 0 bridgehead atoms. The number of benzene rings is 2. The zero-order valence-corrected chi connectivity index (χ0v) is 15.3. The summed E-state index contributed by atoms with van der Waals surface area (Å²) in [5.74, 6) is 1.63. The number of aromatic nitrogens is 2. The molecule has 0 spiro atoms. The summed E-state index contributed by atoms with van der Waals surface area (Å²) >= 11 is 0. The Morgan fingerprint density at radius 2 is 1.90 bits per heavy atom. The molecule has 9 nitrogen and oxygen atoms in total. The van der Waals surface area contributed by atoms with Gasteiger partial charge in [-0.2, -0.15) is 0 Å². The minimum Gasteiger partial charge on any atom is -0.493 e. The van der Waals surface area contributed by atoms with Gasteiger partial charge in [0.05, 0.1) is 7.11 Å². The molecule has 2 aromatic carbocycles. The summed E-state index contributed by atoms with van der Waals surface area (Å²) < 4.78 is 27.5. The van der Waals surface area contributed by atoms with Crippen LogP contribution in [0.4, 0.5) is 6.01 Å². The number of methoxy groups -OCH3 is 1. The van der Waals surface area contributed by atoms with Crippen LogP contribution < -0.4 is 19.5 Å². The first-order valence-electron chi connectivity index (χ1n) is 8.83. The van der Waals surface area contributed by atoms with Crippen LogP contribution >= 0.6 is 0 Å². The standard InChI is InChI=1S/C20H15N3O6/c1-25-14-4-2-3-11-9-16(28-17(11)14)18(24)21-20-23-22-19(29-20)12-5-6-13-15(10-12)27-8-7-26-13/h2-6,9-10H,7-8H2,1H3,(H,21,23,24). The molecular weight excluding hydrogens is 378 g/mol. The lowest BCUT2D eigenvalue weighted by atomic mass is 10.2. The Morgan fingerprint density at radius 3 is 2.76 bits per heavy atom. The summed E-state index contributed by atoms with van der Waals surface area (Å²) in [5.41, 5.74) is 1.14. The van der Waals surface area contributed by atoms with Crippen LogP contribution in [0.5, 0.6) is 17.2 Å². The van der Waals surface area contributed by atoms with Gasteiger partial charge in [0.15, 0.2) is 28.6 Å². The number of nitrogens with zero attached hydrogens (tertiary/aromatic N) is 2. The van der Waals surface area contributed by atoms with Crippen LogP contribution in [0.1, 0.15) is 10.6 Å². The van der Waals surface area contributed by atoms with Gasteiger partial charge in [0.25, 0.3) is 5.91 Å². The molecule has 0 unspecified atom stereocenters. The second kappa shape index (κ2) is 6.86. The molecule has 1 N–H and O–H groups in total. The minimum atomic E-state index is -0.513. The third-order valence-electron chi connectivity index (χ3n) is 4.39. The monoisotopic (exact) mass is 393 g/mol. The summed E-state index contributed by atoms with van der Waals surface area (Å²) in [7, 11) is 1.54. The SMILES string of the molecule is COc1cccc2cc(C(=O)Nc3nnc(-c4ccc5c(c4)OCCO5)o3)oc12. The van der Waals surface area contributed by atoms with Crippen molar-refractivity contribution in [3.63, 3.8) is 0 Å². The lowest BCUT2D eigenvalue weighted by Gasteiger charge is -2.18. The molecule has 0 saturated carbocycles. The zero-order valence-electron chi connectivity index (χ0n) is 15.3. The Morgan fingerprint density at radius 1 is 1.03 bits per heavy atom. The van der Waals surface area contributed by atoms with E-state index < -0.39 is 5.91 Å². The highest BCUT2D eigenvalue weighted by atomic mass is 16.6. The van der Waals surface area contributed by atoms with Crippen LogP contribution in [0, 0.1) is 0 Å². The predicted octanol–water partition coefficient (Wildman–Crippen LogP) is 3.51. The number of anilines is 1. The predicted molar refractivity (Wildman–Crippen MR) is 101 cm³/mol. The number of hydrogen-bond donors (Lipinski definition) is 1. The molecule has 0 aliphatic carbocycles. The molecule has 29 heavy (non-hydrogen) atoms. The van der Waals surface area contributed by atoms with Crippen molar-refractivity contribution in [2.45, 2.75) is 0 Å². The van der Waals surface area contributed by atoms with Crippen molar-refractivity contribution in [3.8, 4) is 28.7 Å². The number of furan rings is 1. The van der Waals surface area contributed by atoms with Crippen LogP contribution in [-0.2, 0) is 0 Å². The first-order chi connectivity index (χ1) is 14.2. The van der Waals surface area contributed by atoms with Crippen LogP contribution in [0.25, 0.3) is 22.4 Å². The number of carbonyl (C=O) groups excluding carboxylic acids is 1. The fourth-order valence-corrected chi connectivity index (χ4v) is 3.03. The van der Waals surface area contributed by atoms with E-state index in [1.54, 1.807) is 30.3 Å². The Bertz CT molecular complexity index is 1210.